The summed E-state index contributed by atoms with van der Waals surface area (Å²) in [6.07, 6.45) is 35.8. The van der Waals surface area contributed by atoms with Gasteiger partial charge in [0.1, 0.15) is 80.5 Å². The van der Waals surface area contributed by atoms with E-state index in [1.54, 1.807) is 44.3 Å². The molecule has 0 bridgehead atoms. The van der Waals surface area contributed by atoms with Crippen LogP contribution in [0, 0.1) is 68.3 Å². The first kappa shape index (κ1) is 86.8. The van der Waals surface area contributed by atoms with Crippen LogP contribution in [0.4, 0.5) is 15.9 Å². The lowest BCUT2D eigenvalue weighted by Crippen LogP contribution is -2.46. The van der Waals surface area contributed by atoms with Crippen molar-refractivity contribution in [2.24, 2.45) is 0 Å². The average Bonchev–Trinajstić information content (AvgIpc) is 1.26. The van der Waals surface area contributed by atoms with Crippen molar-refractivity contribution in [3.05, 3.63) is 240 Å². The van der Waals surface area contributed by atoms with E-state index in [9.17, 15) is 4.39 Å². The minimum absolute atomic E-state index is 0.171. The molecule has 14 heterocycles. The number of fused-ring (bicyclic) bond motifs is 1. The Labute approximate surface area is 677 Å². The number of aromatic nitrogens is 8. The molecule has 3 saturated heterocycles. The molecule has 0 amide bonds. The van der Waals surface area contributed by atoms with Gasteiger partial charge in [-0.3, -0.25) is 29.8 Å². The summed E-state index contributed by atoms with van der Waals surface area (Å²) >= 11 is 0. The maximum absolute atomic E-state index is 13.2. The number of morpholine rings is 1. The fraction of sp³-hybridized carbons (Fsp3) is 0.416. The van der Waals surface area contributed by atoms with Crippen molar-refractivity contribution >= 4 is 22.4 Å². The molecule has 7 aromatic heterocycles. The number of anilines is 2. The highest BCUT2D eigenvalue weighted by molar-refractivity contribution is 5.93. The van der Waals surface area contributed by atoms with E-state index in [-0.39, 0.29) is 11.8 Å². The molecular formula is C89H115FN16O9. The summed E-state index contributed by atoms with van der Waals surface area (Å²) in [7, 11) is 1.65. The maximum atomic E-state index is 13.2. The smallest absolute Gasteiger partial charge is 0.255 e. The van der Waals surface area contributed by atoms with Crippen molar-refractivity contribution in [2.75, 3.05) is 131 Å². The van der Waals surface area contributed by atoms with Gasteiger partial charge in [0.25, 0.3) is 5.95 Å². The number of pyridine rings is 6. The van der Waals surface area contributed by atoms with Crippen LogP contribution in [0.3, 0.4) is 0 Å². The van der Waals surface area contributed by atoms with Crippen LogP contribution in [0.5, 0.6) is 46.0 Å². The summed E-state index contributed by atoms with van der Waals surface area (Å²) in [5, 5.41) is 23.9. The van der Waals surface area contributed by atoms with Crippen molar-refractivity contribution in [3.8, 4) is 46.0 Å². The summed E-state index contributed by atoms with van der Waals surface area (Å²) in [5.74, 6) is 6.12. The van der Waals surface area contributed by atoms with Gasteiger partial charge in [-0.15, -0.1) is 0 Å². The molecule has 7 aliphatic heterocycles. The number of benzene rings is 2. The molecule has 0 unspecified atom stereocenters. The summed E-state index contributed by atoms with van der Waals surface area (Å²) in [6.45, 7) is 33.1. The fourth-order valence-electron chi connectivity index (χ4n) is 12.1. The van der Waals surface area contributed by atoms with Gasteiger partial charge in [-0.1, -0.05) is 54.7 Å². The topological polar surface area (TPSA) is 274 Å². The normalized spacial score (nSPS) is 18.6. The molecule has 0 spiro atoms. The summed E-state index contributed by atoms with van der Waals surface area (Å²) in [5.41, 5.74) is 11.5. The van der Waals surface area contributed by atoms with Gasteiger partial charge >= 0.3 is 0 Å². The van der Waals surface area contributed by atoms with Gasteiger partial charge in [0.05, 0.1) is 86.6 Å². The number of hydrogen-bond donors (Lipinski definition) is 7. The van der Waals surface area contributed by atoms with E-state index in [1.807, 2.05) is 134 Å². The van der Waals surface area contributed by atoms with Gasteiger partial charge in [0.15, 0.2) is 17.2 Å². The Hall–Kier alpha value is -10.6. The first-order chi connectivity index (χ1) is 56.0. The van der Waals surface area contributed by atoms with Crippen LogP contribution in [-0.4, -0.2) is 206 Å². The van der Waals surface area contributed by atoms with Gasteiger partial charge in [-0.05, 0) is 195 Å². The molecule has 0 saturated carbocycles. The molecular weight excluding hydrogens is 1460 g/mol. The van der Waals surface area contributed by atoms with Gasteiger partial charge < -0.3 is 79.8 Å². The second-order valence-corrected chi connectivity index (χ2v) is 28.9. The molecule has 612 valence electrons. The van der Waals surface area contributed by atoms with Crippen molar-refractivity contribution in [1.29, 1.82) is 0 Å². The molecule has 25 nitrogen and oxygen atoms in total. The number of methoxy groups -OCH3 is 1. The molecule has 16 rings (SSSR count). The number of halogens is 1. The number of nitrogens with one attached hydrogen (secondary N) is 7. The summed E-state index contributed by atoms with van der Waals surface area (Å²) < 4.78 is 63.7. The van der Waals surface area contributed by atoms with Crippen LogP contribution in [-0.2, 0) is 4.74 Å². The Morgan fingerprint density at radius 3 is 1.56 bits per heavy atom. The lowest BCUT2D eigenvalue weighted by atomic mass is 10.1. The van der Waals surface area contributed by atoms with Crippen molar-refractivity contribution in [2.45, 2.75) is 118 Å². The maximum Gasteiger partial charge on any atom is 0.255 e. The predicted molar refractivity (Wildman–Crippen MR) is 451 cm³/mol. The van der Waals surface area contributed by atoms with E-state index in [1.165, 1.54) is 30.2 Å². The van der Waals surface area contributed by atoms with Crippen molar-refractivity contribution in [3.63, 3.8) is 0 Å². The highest BCUT2D eigenvalue weighted by Gasteiger charge is 2.20. The summed E-state index contributed by atoms with van der Waals surface area (Å²) in [6, 6.07) is 27.9. The Morgan fingerprint density at radius 2 is 1.02 bits per heavy atom. The molecule has 2 aromatic carbocycles. The highest BCUT2D eigenvalue weighted by atomic mass is 19.1. The largest absolute Gasteiger partial charge is 0.493 e. The molecule has 7 N–H and O–H groups in total. The number of rotatable bonds is 26. The van der Waals surface area contributed by atoms with E-state index in [0.29, 0.717) is 74.7 Å². The van der Waals surface area contributed by atoms with Crippen LogP contribution < -0.4 is 75.1 Å². The molecule has 26 heteroatoms. The molecule has 3 fully saturated rings. The van der Waals surface area contributed by atoms with Crippen LogP contribution in [0.15, 0.2) is 183 Å². The van der Waals surface area contributed by atoms with E-state index in [0.717, 1.165) is 182 Å². The minimum Gasteiger partial charge on any atom is -0.493 e. The van der Waals surface area contributed by atoms with Crippen LogP contribution >= 0.6 is 0 Å². The Morgan fingerprint density at radius 1 is 0.470 bits per heavy atom. The van der Waals surface area contributed by atoms with Gasteiger partial charge in [-0.25, -0.2) is 15.0 Å². The number of hydrogen-bond acceptors (Lipinski definition) is 25. The standard InChI is InChI=1S/C24H30N4O3.C12H16N2O.C11H13FN2O.2C11H14N2O.2C10H14N2O/c1-17-5-6-19(13-18(17)2)27-24-20-14-23(22(29-3)15-21(20)25-16-26-24)31-10-4-7-28-8-11-30-12-9-28;1-9-6-12(10(2)14-7-9)15-8-11-4-3-5-13-11;1-8-5-10(11(12)14-6-8)15-7-9-3-2-4-13-9;1-9-11(5-3-6-12-9)14-8-10-4-2-7-13-10;1-9-5-11(7-12-6-9)14-8-10-3-2-4-13-10;1-8-4-10(6-11-5-8)13-7-9-2-3-12-9;1-8-2-3-10(6-12-8)13-7-9-4-5-11-9/h5-6,13-16H,4,7-12H2,1-3H3,(H,25,26,27);3-4,6-7,11,13H,5,8H2,1-2H3;2-3,5-6,9,13H,4,7H2,1H3;2-6,10,13H,7-8H2,1H3;2-3,5-7,10,13H,4,8H2,1H3;4-6,9,12H,2-3,7H2,1H3;2-3,6,9,11H,4-5,7H2,1H3/t;11-;9-;2*10-;2*9-/m.000000/s1. The number of aryl methyl sites for hydroxylation is 9. The van der Waals surface area contributed by atoms with Crippen molar-refractivity contribution in [1.82, 2.24) is 76.7 Å². The first-order valence-electron chi connectivity index (χ1n) is 39.7. The Bertz CT molecular complexity index is 4470. The quantitative estimate of drug-likeness (QED) is 0.0151. The van der Waals surface area contributed by atoms with Gasteiger partial charge in [0, 0.05) is 112 Å². The zero-order valence-corrected chi connectivity index (χ0v) is 68.2. The fourth-order valence-corrected chi connectivity index (χ4v) is 12.1. The van der Waals surface area contributed by atoms with Crippen molar-refractivity contribution < 1.29 is 47.0 Å². The highest BCUT2D eigenvalue weighted by Crippen LogP contribution is 2.35. The zero-order chi connectivity index (χ0) is 80.8. The molecule has 6 atom stereocenters. The number of ether oxygens (including phenoxy) is 9. The minimum atomic E-state index is -0.553. The monoisotopic (exact) mass is 1570 g/mol. The van der Waals surface area contributed by atoms with Gasteiger partial charge in [-0.2, -0.15) is 4.39 Å². The van der Waals surface area contributed by atoms with Gasteiger partial charge in [0.2, 0.25) is 0 Å². The number of nitrogens with zero attached hydrogens (tertiary/aromatic N) is 9. The third kappa shape index (κ3) is 30.6. The first-order valence-corrected chi connectivity index (χ1v) is 39.7. The molecule has 0 aliphatic carbocycles. The second kappa shape index (κ2) is 47.3. The second-order valence-electron chi connectivity index (χ2n) is 28.9. The average molecular weight is 1570 g/mol. The zero-order valence-electron chi connectivity index (χ0n) is 68.2. The lowest BCUT2D eigenvalue weighted by Gasteiger charge is -2.27. The van der Waals surface area contributed by atoms with Crippen LogP contribution in [0.1, 0.15) is 69.7 Å². The third-order valence-corrected chi connectivity index (χ3v) is 19.2. The molecule has 115 heavy (non-hydrogen) atoms. The predicted octanol–water partition coefficient (Wildman–Crippen LogP) is 12.0. The van der Waals surface area contributed by atoms with Crippen LogP contribution in [0.2, 0.25) is 0 Å². The molecule has 7 aliphatic rings. The Balaban J connectivity index is 0.000000146. The van der Waals surface area contributed by atoms with E-state index in [2.05, 4.69) is 150 Å². The third-order valence-electron chi connectivity index (χ3n) is 19.2. The van der Waals surface area contributed by atoms with E-state index < -0.39 is 5.95 Å². The molecule has 9 aromatic rings. The summed E-state index contributed by atoms with van der Waals surface area (Å²) in [4.78, 5) is 35.6. The van der Waals surface area contributed by atoms with E-state index in [4.69, 9.17) is 42.6 Å². The Kier molecular flexibility index (Phi) is 35.8. The lowest BCUT2D eigenvalue weighted by molar-refractivity contribution is 0.0357. The molecule has 0 radical (unpaired) electrons. The SMILES string of the molecule is COc1cc2ncnc(Nc3ccc(C)c(C)c3)c2cc1OCCCN1CCOCC1.Cc1ccc(OC[C@@H]2CCN2)cn1.Cc1cnc(C)c(OC[C@@H]2C=CCN2)c1.Cc1cnc(F)c(OC[C@@H]2C=CCN2)c1.Cc1cncc(OC[C@@H]2C=CCN2)c1.Cc1cncc(OC[C@@H]2CCN2)c1.Cc1ncccc1OC[C@@H]1C=CCN1. The van der Waals surface area contributed by atoms with Crippen LogP contribution in [0.25, 0.3) is 10.9 Å². The van der Waals surface area contributed by atoms with E-state index >= 15 is 0 Å².